The van der Waals surface area contributed by atoms with Crippen molar-refractivity contribution < 1.29 is 4.39 Å². The average Bonchev–Trinajstić information content (AvgIpc) is 2.48. The number of nitrogens with two attached hydrogens (primary N) is 1. The zero-order valence-electron chi connectivity index (χ0n) is 11.9. The predicted molar refractivity (Wildman–Crippen MR) is 80.9 cm³/mol. The van der Waals surface area contributed by atoms with Crippen molar-refractivity contribution in [2.75, 3.05) is 6.54 Å². The normalized spacial score (nSPS) is 14.0. The lowest BCUT2D eigenvalue weighted by Crippen LogP contribution is -2.30. The molecule has 0 spiro atoms. The molecule has 0 aliphatic carbocycles. The molecule has 0 fully saturated rings. The quantitative estimate of drug-likeness (QED) is 0.874. The third-order valence-corrected chi connectivity index (χ3v) is 3.57. The number of halogens is 1. The smallest absolute Gasteiger partial charge is 0.126 e. The van der Waals surface area contributed by atoms with Gasteiger partial charge < -0.3 is 11.1 Å². The van der Waals surface area contributed by atoms with Crippen LogP contribution < -0.4 is 11.1 Å². The van der Waals surface area contributed by atoms with Crippen LogP contribution >= 0.6 is 0 Å². The summed E-state index contributed by atoms with van der Waals surface area (Å²) < 4.78 is 13.3. The summed E-state index contributed by atoms with van der Waals surface area (Å²) >= 11 is 0. The van der Waals surface area contributed by atoms with E-state index in [0.29, 0.717) is 12.1 Å². The van der Waals surface area contributed by atoms with Gasteiger partial charge in [-0.05, 0) is 36.6 Å². The Balaban J connectivity index is 2.14. The second kappa shape index (κ2) is 6.64. The molecule has 0 saturated carbocycles. The highest BCUT2D eigenvalue weighted by atomic mass is 19.1. The fraction of sp³-hybridized carbons (Fsp3) is 0.294. The van der Waals surface area contributed by atoms with E-state index in [2.05, 4.69) is 24.4 Å². The number of rotatable bonds is 5. The van der Waals surface area contributed by atoms with Crippen LogP contribution in [0.25, 0.3) is 0 Å². The van der Waals surface area contributed by atoms with Crippen molar-refractivity contribution in [2.45, 2.75) is 25.9 Å². The van der Waals surface area contributed by atoms with E-state index in [1.165, 1.54) is 11.6 Å². The van der Waals surface area contributed by atoms with E-state index in [4.69, 9.17) is 5.73 Å². The van der Waals surface area contributed by atoms with Gasteiger partial charge in [-0.1, -0.05) is 42.5 Å². The Morgan fingerprint density at radius 1 is 1.10 bits per heavy atom. The Morgan fingerprint density at radius 3 is 2.40 bits per heavy atom. The third-order valence-electron chi connectivity index (χ3n) is 3.57. The van der Waals surface area contributed by atoms with Crippen molar-refractivity contribution in [3.63, 3.8) is 0 Å². The molecule has 3 heteroatoms. The minimum Gasteiger partial charge on any atom is -0.329 e. The highest BCUT2D eigenvalue weighted by Gasteiger charge is 2.14. The van der Waals surface area contributed by atoms with Crippen LogP contribution in [0.4, 0.5) is 4.39 Å². The topological polar surface area (TPSA) is 38.0 Å². The Hall–Kier alpha value is -1.71. The second-order valence-electron chi connectivity index (χ2n) is 5.10. The van der Waals surface area contributed by atoms with E-state index in [-0.39, 0.29) is 17.9 Å². The van der Waals surface area contributed by atoms with Crippen molar-refractivity contribution in [3.8, 4) is 0 Å². The number of hydrogen-bond donors (Lipinski definition) is 2. The first-order valence-electron chi connectivity index (χ1n) is 6.89. The monoisotopic (exact) mass is 272 g/mol. The Labute approximate surface area is 119 Å². The van der Waals surface area contributed by atoms with Gasteiger partial charge in [0.25, 0.3) is 0 Å². The van der Waals surface area contributed by atoms with Crippen molar-refractivity contribution in [3.05, 3.63) is 71.0 Å². The first kappa shape index (κ1) is 14.7. The predicted octanol–water partition coefficient (Wildman–Crippen LogP) is 3.48. The maximum absolute atomic E-state index is 13.3. The van der Waals surface area contributed by atoms with E-state index < -0.39 is 0 Å². The number of hydrogen-bond acceptors (Lipinski definition) is 2. The minimum atomic E-state index is -0.180. The molecule has 0 aliphatic rings. The summed E-state index contributed by atoms with van der Waals surface area (Å²) in [5.74, 6) is -0.180. The van der Waals surface area contributed by atoms with E-state index in [1.807, 2.05) is 24.3 Å². The lowest BCUT2D eigenvalue weighted by atomic mass is 10.0. The van der Waals surface area contributed by atoms with Crippen LogP contribution in [0.2, 0.25) is 0 Å². The summed E-state index contributed by atoms with van der Waals surface area (Å²) in [7, 11) is 0. The summed E-state index contributed by atoms with van der Waals surface area (Å²) in [6.45, 7) is 4.35. The maximum atomic E-state index is 13.3. The van der Waals surface area contributed by atoms with Crippen molar-refractivity contribution in [1.82, 2.24) is 5.32 Å². The van der Waals surface area contributed by atoms with Gasteiger partial charge in [0.15, 0.2) is 0 Å². The highest BCUT2D eigenvalue weighted by Crippen LogP contribution is 2.20. The molecule has 0 radical (unpaired) electrons. The van der Waals surface area contributed by atoms with Crippen LogP contribution in [0.15, 0.2) is 48.5 Å². The summed E-state index contributed by atoms with van der Waals surface area (Å²) in [6, 6.07) is 15.6. The van der Waals surface area contributed by atoms with Crippen LogP contribution in [0, 0.1) is 12.7 Å². The average molecular weight is 272 g/mol. The first-order chi connectivity index (χ1) is 9.61. The van der Waals surface area contributed by atoms with Crippen molar-refractivity contribution in [2.24, 2.45) is 5.73 Å². The van der Waals surface area contributed by atoms with E-state index >= 15 is 0 Å². The molecule has 2 rings (SSSR count). The molecule has 2 aromatic carbocycles. The molecule has 2 unspecified atom stereocenters. The minimum absolute atomic E-state index is 0.0181. The summed E-state index contributed by atoms with van der Waals surface area (Å²) in [4.78, 5) is 0. The Bertz CT molecular complexity index is 554. The molecule has 0 saturated heterocycles. The molecule has 0 amide bonds. The molecule has 0 heterocycles. The highest BCUT2D eigenvalue weighted by molar-refractivity contribution is 5.27. The summed E-state index contributed by atoms with van der Waals surface area (Å²) in [5.41, 5.74) is 8.75. The van der Waals surface area contributed by atoms with Gasteiger partial charge in [-0.25, -0.2) is 4.39 Å². The fourth-order valence-electron chi connectivity index (χ4n) is 2.32. The molecule has 2 aromatic rings. The molecule has 106 valence electrons. The Kier molecular flexibility index (Phi) is 4.88. The van der Waals surface area contributed by atoms with Gasteiger partial charge in [0.1, 0.15) is 5.82 Å². The summed E-state index contributed by atoms with van der Waals surface area (Å²) in [5, 5.41) is 3.50. The van der Waals surface area contributed by atoms with Gasteiger partial charge in [0.2, 0.25) is 0 Å². The van der Waals surface area contributed by atoms with Crippen molar-refractivity contribution in [1.29, 1.82) is 0 Å². The molecule has 3 N–H and O–H groups in total. The van der Waals surface area contributed by atoms with Crippen LogP contribution in [0.3, 0.4) is 0 Å². The van der Waals surface area contributed by atoms with Crippen LogP contribution in [0.1, 0.15) is 35.7 Å². The molecule has 20 heavy (non-hydrogen) atoms. The maximum Gasteiger partial charge on any atom is 0.126 e. The molecule has 0 aliphatic heterocycles. The lowest BCUT2D eigenvalue weighted by Gasteiger charge is -2.23. The fourth-order valence-corrected chi connectivity index (χ4v) is 2.32. The van der Waals surface area contributed by atoms with Gasteiger partial charge >= 0.3 is 0 Å². The number of aryl methyl sites for hydroxylation is 1. The van der Waals surface area contributed by atoms with Gasteiger partial charge in [-0.2, -0.15) is 0 Å². The molecular formula is C17H21FN2. The molecule has 0 aromatic heterocycles. The Morgan fingerprint density at radius 2 is 1.80 bits per heavy atom. The largest absolute Gasteiger partial charge is 0.329 e. The van der Waals surface area contributed by atoms with Crippen molar-refractivity contribution >= 4 is 0 Å². The standard InChI is InChI=1S/C17H21FN2/c1-12-10-15(8-9-16(12)18)17(11-19)20-13(2)14-6-4-3-5-7-14/h3-10,13,17,20H,11,19H2,1-2H3. The van der Waals surface area contributed by atoms with E-state index in [9.17, 15) is 4.39 Å². The molecule has 2 nitrogen and oxygen atoms in total. The van der Waals surface area contributed by atoms with Crippen LogP contribution in [-0.4, -0.2) is 6.54 Å². The van der Waals surface area contributed by atoms with Gasteiger partial charge in [-0.15, -0.1) is 0 Å². The lowest BCUT2D eigenvalue weighted by molar-refractivity contribution is 0.472. The van der Waals surface area contributed by atoms with Gasteiger partial charge in [0.05, 0.1) is 0 Å². The van der Waals surface area contributed by atoms with E-state index in [1.54, 1.807) is 13.0 Å². The SMILES string of the molecule is Cc1cc(C(CN)NC(C)c2ccccc2)ccc1F. The third kappa shape index (κ3) is 3.44. The van der Waals surface area contributed by atoms with Gasteiger partial charge in [0, 0.05) is 18.6 Å². The van der Waals surface area contributed by atoms with Gasteiger partial charge in [-0.3, -0.25) is 0 Å². The summed E-state index contributed by atoms with van der Waals surface area (Å²) in [6.07, 6.45) is 0. The second-order valence-corrected chi connectivity index (χ2v) is 5.10. The zero-order valence-corrected chi connectivity index (χ0v) is 11.9. The molecule has 0 bridgehead atoms. The zero-order chi connectivity index (χ0) is 14.5. The molecular weight excluding hydrogens is 251 g/mol. The molecule has 2 atom stereocenters. The number of benzene rings is 2. The first-order valence-corrected chi connectivity index (χ1v) is 6.89. The van der Waals surface area contributed by atoms with Crippen LogP contribution in [0.5, 0.6) is 0 Å². The van der Waals surface area contributed by atoms with Crippen LogP contribution in [-0.2, 0) is 0 Å². The van der Waals surface area contributed by atoms with E-state index in [0.717, 1.165) is 5.56 Å². The number of nitrogens with one attached hydrogen (secondary N) is 1.